The maximum absolute atomic E-state index is 12.9. The SMILES string of the molecule is CN(Cc1nc(-c2ccccc2)no1)C(=O)C1CCCN(c2ccccn2)C1. The van der Waals surface area contributed by atoms with Gasteiger partial charge in [0.25, 0.3) is 0 Å². The van der Waals surface area contributed by atoms with Gasteiger partial charge >= 0.3 is 0 Å². The maximum atomic E-state index is 12.9. The summed E-state index contributed by atoms with van der Waals surface area (Å²) in [6, 6.07) is 15.5. The van der Waals surface area contributed by atoms with Crippen molar-refractivity contribution in [2.45, 2.75) is 19.4 Å². The Hall–Kier alpha value is -3.22. The fraction of sp³-hybridized carbons (Fsp3) is 0.333. The Labute approximate surface area is 164 Å². The molecule has 0 saturated carbocycles. The number of rotatable bonds is 5. The summed E-state index contributed by atoms with van der Waals surface area (Å²) in [5.74, 6) is 1.94. The van der Waals surface area contributed by atoms with E-state index in [1.165, 1.54) is 0 Å². The van der Waals surface area contributed by atoms with Crippen molar-refractivity contribution in [1.29, 1.82) is 0 Å². The van der Waals surface area contributed by atoms with Gasteiger partial charge in [-0.1, -0.05) is 41.6 Å². The Bertz CT molecular complexity index is 913. The van der Waals surface area contributed by atoms with Crippen molar-refractivity contribution >= 4 is 11.7 Å². The lowest BCUT2D eigenvalue weighted by Crippen LogP contribution is -2.43. The highest BCUT2D eigenvalue weighted by atomic mass is 16.5. The zero-order chi connectivity index (χ0) is 19.3. The highest BCUT2D eigenvalue weighted by Gasteiger charge is 2.29. The molecule has 1 atom stereocenters. The zero-order valence-corrected chi connectivity index (χ0v) is 15.9. The van der Waals surface area contributed by atoms with Crippen LogP contribution in [0.2, 0.25) is 0 Å². The van der Waals surface area contributed by atoms with E-state index in [0.29, 0.717) is 24.8 Å². The number of hydrogen-bond acceptors (Lipinski definition) is 6. The average Bonchev–Trinajstić information content (AvgIpc) is 3.23. The summed E-state index contributed by atoms with van der Waals surface area (Å²) in [6.07, 6.45) is 3.64. The van der Waals surface area contributed by atoms with Crippen molar-refractivity contribution in [3.63, 3.8) is 0 Å². The summed E-state index contributed by atoms with van der Waals surface area (Å²) in [4.78, 5) is 25.6. The van der Waals surface area contributed by atoms with Gasteiger partial charge in [0.1, 0.15) is 5.82 Å². The van der Waals surface area contributed by atoms with Crippen LogP contribution in [0.1, 0.15) is 18.7 Å². The topological polar surface area (TPSA) is 75.4 Å². The van der Waals surface area contributed by atoms with Crippen LogP contribution in [0.4, 0.5) is 5.82 Å². The predicted molar refractivity (Wildman–Crippen MR) is 105 cm³/mol. The smallest absolute Gasteiger partial charge is 0.246 e. The first-order chi connectivity index (χ1) is 13.7. The van der Waals surface area contributed by atoms with Gasteiger partial charge in [-0.3, -0.25) is 4.79 Å². The number of carbonyl (C=O) groups is 1. The van der Waals surface area contributed by atoms with Crippen LogP contribution in [-0.4, -0.2) is 46.1 Å². The lowest BCUT2D eigenvalue weighted by molar-refractivity contribution is -0.135. The second-order valence-electron chi connectivity index (χ2n) is 7.05. The van der Waals surface area contributed by atoms with Crippen LogP contribution in [0.15, 0.2) is 59.3 Å². The molecule has 1 fully saturated rings. The molecule has 3 heterocycles. The Morgan fingerprint density at radius 3 is 2.82 bits per heavy atom. The molecule has 3 aromatic rings. The van der Waals surface area contributed by atoms with Crippen molar-refractivity contribution in [2.75, 3.05) is 25.0 Å². The summed E-state index contributed by atoms with van der Waals surface area (Å²) in [6.45, 7) is 1.91. The van der Waals surface area contributed by atoms with E-state index in [-0.39, 0.29) is 11.8 Å². The van der Waals surface area contributed by atoms with Crippen LogP contribution >= 0.6 is 0 Å². The minimum atomic E-state index is -0.0581. The number of carbonyl (C=O) groups excluding carboxylic acids is 1. The quantitative estimate of drug-likeness (QED) is 0.680. The van der Waals surface area contributed by atoms with Gasteiger partial charge in [0, 0.05) is 31.9 Å². The van der Waals surface area contributed by atoms with E-state index in [1.54, 1.807) is 18.1 Å². The number of piperidine rings is 1. The van der Waals surface area contributed by atoms with E-state index in [4.69, 9.17) is 4.52 Å². The minimum absolute atomic E-state index is 0.0581. The third kappa shape index (κ3) is 4.03. The molecule has 1 saturated heterocycles. The van der Waals surface area contributed by atoms with Gasteiger partial charge in [0.2, 0.25) is 17.6 Å². The van der Waals surface area contributed by atoms with Crippen molar-refractivity contribution in [3.05, 3.63) is 60.6 Å². The summed E-state index contributed by atoms with van der Waals surface area (Å²) in [5, 5.41) is 4.02. The molecule has 4 rings (SSSR count). The predicted octanol–water partition coefficient (Wildman–Crippen LogP) is 3.01. The average molecular weight is 377 g/mol. The molecule has 1 amide bonds. The minimum Gasteiger partial charge on any atom is -0.356 e. The van der Waals surface area contributed by atoms with Crippen molar-refractivity contribution < 1.29 is 9.32 Å². The van der Waals surface area contributed by atoms with E-state index in [2.05, 4.69) is 20.0 Å². The van der Waals surface area contributed by atoms with Crippen LogP contribution in [0.5, 0.6) is 0 Å². The Morgan fingerprint density at radius 1 is 1.21 bits per heavy atom. The second-order valence-corrected chi connectivity index (χ2v) is 7.05. The van der Waals surface area contributed by atoms with Crippen LogP contribution in [0, 0.1) is 5.92 Å². The number of amides is 1. The fourth-order valence-corrected chi connectivity index (χ4v) is 3.54. The molecular formula is C21H23N5O2. The monoisotopic (exact) mass is 377 g/mol. The maximum Gasteiger partial charge on any atom is 0.246 e. The highest BCUT2D eigenvalue weighted by Crippen LogP contribution is 2.23. The molecule has 0 N–H and O–H groups in total. The molecule has 7 heteroatoms. The second kappa shape index (κ2) is 8.21. The molecule has 0 bridgehead atoms. The van der Waals surface area contributed by atoms with E-state index in [9.17, 15) is 4.79 Å². The van der Waals surface area contributed by atoms with Crippen molar-refractivity contribution in [2.24, 2.45) is 5.92 Å². The molecule has 1 aromatic carbocycles. The Balaban J connectivity index is 1.39. The van der Waals surface area contributed by atoms with Gasteiger partial charge in [0.15, 0.2) is 0 Å². The van der Waals surface area contributed by atoms with Crippen molar-refractivity contribution in [1.82, 2.24) is 20.0 Å². The fourth-order valence-electron chi connectivity index (χ4n) is 3.54. The Morgan fingerprint density at radius 2 is 2.04 bits per heavy atom. The standard InChI is InChI=1S/C21H23N5O2/c1-25(15-19-23-20(24-28-19)16-8-3-2-4-9-16)21(27)17-10-7-13-26(14-17)18-11-5-6-12-22-18/h2-6,8-9,11-12,17H,7,10,13-15H2,1H3. The van der Waals surface area contributed by atoms with E-state index < -0.39 is 0 Å². The molecular weight excluding hydrogens is 354 g/mol. The number of aromatic nitrogens is 3. The molecule has 144 valence electrons. The van der Waals surface area contributed by atoms with E-state index in [1.807, 2.05) is 48.5 Å². The molecule has 0 spiro atoms. The number of hydrogen-bond donors (Lipinski definition) is 0. The number of pyridine rings is 1. The largest absolute Gasteiger partial charge is 0.356 e. The van der Waals surface area contributed by atoms with Gasteiger partial charge < -0.3 is 14.3 Å². The molecule has 28 heavy (non-hydrogen) atoms. The molecule has 1 aliphatic heterocycles. The lowest BCUT2D eigenvalue weighted by Gasteiger charge is -2.34. The third-order valence-electron chi connectivity index (χ3n) is 4.99. The van der Waals surface area contributed by atoms with E-state index >= 15 is 0 Å². The van der Waals surface area contributed by atoms with Crippen LogP contribution in [0.3, 0.4) is 0 Å². The van der Waals surface area contributed by atoms with Gasteiger partial charge in [-0.25, -0.2) is 4.98 Å². The van der Waals surface area contributed by atoms with Gasteiger partial charge in [-0.05, 0) is 25.0 Å². The number of nitrogens with zero attached hydrogens (tertiary/aromatic N) is 5. The number of benzene rings is 1. The lowest BCUT2D eigenvalue weighted by atomic mass is 9.96. The van der Waals surface area contributed by atoms with E-state index in [0.717, 1.165) is 30.8 Å². The first-order valence-corrected chi connectivity index (χ1v) is 9.49. The number of anilines is 1. The van der Waals surface area contributed by atoms with Gasteiger partial charge in [-0.2, -0.15) is 4.98 Å². The highest BCUT2D eigenvalue weighted by molar-refractivity contribution is 5.79. The van der Waals surface area contributed by atoms with Crippen LogP contribution in [0.25, 0.3) is 11.4 Å². The summed E-state index contributed by atoms with van der Waals surface area (Å²) in [7, 11) is 1.79. The van der Waals surface area contributed by atoms with Crippen LogP contribution in [-0.2, 0) is 11.3 Å². The zero-order valence-electron chi connectivity index (χ0n) is 15.9. The first kappa shape index (κ1) is 18.2. The molecule has 1 unspecified atom stereocenters. The summed E-state index contributed by atoms with van der Waals surface area (Å²) >= 11 is 0. The summed E-state index contributed by atoms with van der Waals surface area (Å²) < 4.78 is 5.34. The van der Waals surface area contributed by atoms with Gasteiger partial charge in [-0.15, -0.1) is 0 Å². The normalized spacial score (nSPS) is 16.8. The molecule has 1 aliphatic rings. The molecule has 7 nitrogen and oxygen atoms in total. The molecule has 0 radical (unpaired) electrons. The summed E-state index contributed by atoms with van der Waals surface area (Å²) in [5.41, 5.74) is 0.893. The Kier molecular flexibility index (Phi) is 5.32. The van der Waals surface area contributed by atoms with Crippen molar-refractivity contribution in [3.8, 4) is 11.4 Å². The third-order valence-corrected chi connectivity index (χ3v) is 4.99. The molecule has 0 aliphatic carbocycles. The molecule has 2 aromatic heterocycles. The van der Waals surface area contributed by atoms with Gasteiger partial charge in [0.05, 0.1) is 12.5 Å². The van der Waals surface area contributed by atoms with Crippen LogP contribution < -0.4 is 4.90 Å². The first-order valence-electron chi connectivity index (χ1n) is 9.49.